The van der Waals surface area contributed by atoms with E-state index in [9.17, 15) is 5.11 Å². The van der Waals surface area contributed by atoms with Crippen LogP contribution in [0.2, 0.25) is 10.0 Å². The summed E-state index contributed by atoms with van der Waals surface area (Å²) >= 11 is 11.8. The number of aliphatic imine (C=N–C) groups is 1. The second-order valence-electron chi connectivity index (χ2n) is 3.98. The molecule has 20 heavy (non-hydrogen) atoms. The highest BCUT2D eigenvalue weighted by molar-refractivity contribution is 6.42. The zero-order valence-electron chi connectivity index (χ0n) is 10.8. The summed E-state index contributed by atoms with van der Waals surface area (Å²) in [6.45, 7) is 2.34. The molecule has 0 atom stereocenters. The monoisotopic (exact) mass is 309 g/mol. The molecule has 0 aliphatic carbocycles. The number of ether oxygens (including phenoxy) is 1. The summed E-state index contributed by atoms with van der Waals surface area (Å²) in [5.74, 6) is 0.503. The van der Waals surface area contributed by atoms with Crippen LogP contribution in [-0.2, 0) is 0 Å². The lowest BCUT2D eigenvalue weighted by atomic mass is 10.2. The van der Waals surface area contributed by atoms with E-state index in [-0.39, 0.29) is 5.75 Å². The van der Waals surface area contributed by atoms with Crippen LogP contribution in [-0.4, -0.2) is 17.9 Å². The van der Waals surface area contributed by atoms with Gasteiger partial charge in [-0.2, -0.15) is 0 Å². The predicted molar refractivity (Wildman–Crippen MR) is 83.0 cm³/mol. The van der Waals surface area contributed by atoms with Crippen LogP contribution in [0.15, 0.2) is 41.4 Å². The van der Waals surface area contributed by atoms with Crippen molar-refractivity contribution in [1.29, 1.82) is 0 Å². The quantitative estimate of drug-likeness (QED) is 0.820. The van der Waals surface area contributed by atoms with E-state index < -0.39 is 0 Å². The number of hydrogen-bond donors (Lipinski definition) is 1. The van der Waals surface area contributed by atoms with Gasteiger partial charge in [-0.3, -0.25) is 4.99 Å². The second kappa shape index (κ2) is 6.64. The normalized spacial score (nSPS) is 10.9. The van der Waals surface area contributed by atoms with Crippen LogP contribution in [0.1, 0.15) is 12.5 Å². The van der Waals surface area contributed by atoms with Crippen LogP contribution in [0.3, 0.4) is 0 Å². The minimum Gasteiger partial charge on any atom is -0.504 e. The fourth-order valence-electron chi connectivity index (χ4n) is 1.62. The molecule has 0 heterocycles. The molecule has 0 aliphatic rings. The molecular formula is C15H13Cl2NO2. The highest BCUT2D eigenvalue weighted by Gasteiger charge is 2.05. The number of benzene rings is 2. The molecule has 2 aromatic rings. The largest absolute Gasteiger partial charge is 0.504 e. The van der Waals surface area contributed by atoms with Crippen molar-refractivity contribution in [3.05, 3.63) is 52.0 Å². The Hall–Kier alpha value is -1.71. The van der Waals surface area contributed by atoms with Crippen molar-refractivity contribution in [2.75, 3.05) is 6.61 Å². The maximum absolute atomic E-state index is 10.0. The molecule has 2 aromatic carbocycles. The summed E-state index contributed by atoms with van der Waals surface area (Å²) in [4.78, 5) is 4.26. The average Bonchev–Trinajstić information content (AvgIpc) is 2.44. The van der Waals surface area contributed by atoms with Crippen molar-refractivity contribution < 1.29 is 9.84 Å². The fourth-order valence-corrected chi connectivity index (χ4v) is 1.92. The minimum atomic E-state index is 0.0677. The van der Waals surface area contributed by atoms with Gasteiger partial charge in [0.05, 0.1) is 22.3 Å². The average molecular weight is 310 g/mol. The summed E-state index contributed by atoms with van der Waals surface area (Å²) in [7, 11) is 0. The lowest BCUT2D eigenvalue weighted by Crippen LogP contribution is -1.93. The maximum atomic E-state index is 10.0. The smallest absolute Gasteiger partial charge is 0.166 e. The van der Waals surface area contributed by atoms with Gasteiger partial charge in [0.1, 0.15) is 0 Å². The Labute approximate surface area is 127 Å². The van der Waals surface area contributed by atoms with Gasteiger partial charge in [-0.15, -0.1) is 0 Å². The Morgan fingerprint density at radius 2 is 2.00 bits per heavy atom. The summed E-state index contributed by atoms with van der Waals surface area (Å²) < 4.78 is 5.31. The highest BCUT2D eigenvalue weighted by Crippen LogP contribution is 2.30. The summed E-state index contributed by atoms with van der Waals surface area (Å²) in [6.07, 6.45) is 1.55. The fraction of sp³-hybridized carbons (Fsp3) is 0.133. The number of hydrogen-bond acceptors (Lipinski definition) is 3. The van der Waals surface area contributed by atoms with E-state index in [2.05, 4.69) is 4.99 Å². The first-order valence-electron chi connectivity index (χ1n) is 6.05. The number of halogens is 2. The molecule has 0 radical (unpaired) electrons. The van der Waals surface area contributed by atoms with Crippen molar-refractivity contribution in [3.63, 3.8) is 0 Å². The van der Waals surface area contributed by atoms with E-state index in [0.717, 1.165) is 0 Å². The molecule has 0 saturated carbocycles. The Kier molecular flexibility index (Phi) is 4.88. The standard InChI is InChI=1S/C15H13Cl2NO2/c1-2-20-14-5-3-4-10(15(14)19)9-18-11-6-7-12(16)13(17)8-11/h3-9,19H,2H2,1H3. The van der Waals surface area contributed by atoms with Crippen LogP contribution in [0.4, 0.5) is 5.69 Å². The first kappa shape index (κ1) is 14.7. The Morgan fingerprint density at radius 1 is 1.20 bits per heavy atom. The molecule has 3 nitrogen and oxygen atoms in total. The zero-order chi connectivity index (χ0) is 14.5. The molecule has 0 amide bonds. The van der Waals surface area contributed by atoms with E-state index in [1.165, 1.54) is 0 Å². The van der Waals surface area contributed by atoms with Gasteiger partial charge < -0.3 is 9.84 Å². The Morgan fingerprint density at radius 3 is 2.70 bits per heavy atom. The zero-order valence-corrected chi connectivity index (χ0v) is 12.3. The Bertz CT molecular complexity index is 642. The summed E-state index contributed by atoms with van der Waals surface area (Å²) in [5.41, 5.74) is 1.22. The molecule has 1 N–H and O–H groups in total. The minimum absolute atomic E-state index is 0.0677. The van der Waals surface area contributed by atoms with Gasteiger partial charge in [-0.05, 0) is 37.3 Å². The number of nitrogens with zero attached hydrogens (tertiary/aromatic N) is 1. The van der Waals surface area contributed by atoms with Crippen LogP contribution in [0.5, 0.6) is 11.5 Å². The molecule has 5 heteroatoms. The SMILES string of the molecule is CCOc1cccc(C=Nc2ccc(Cl)c(Cl)c2)c1O. The van der Waals surface area contributed by atoms with Crippen molar-refractivity contribution in [1.82, 2.24) is 0 Å². The van der Waals surface area contributed by atoms with E-state index in [4.69, 9.17) is 27.9 Å². The van der Waals surface area contributed by atoms with Crippen LogP contribution >= 0.6 is 23.2 Å². The third-order valence-corrected chi connectivity index (χ3v) is 3.32. The number of aromatic hydroxyl groups is 1. The topological polar surface area (TPSA) is 41.8 Å². The van der Waals surface area contributed by atoms with Crippen LogP contribution < -0.4 is 4.74 Å². The van der Waals surface area contributed by atoms with Gasteiger partial charge in [0.15, 0.2) is 11.5 Å². The maximum Gasteiger partial charge on any atom is 0.166 e. The molecule has 0 saturated heterocycles. The second-order valence-corrected chi connectivity index (χ2v) is 4.80. The summed E-state index contributed by atoms with van der Waals surface area (Å²) in [5, 5.41) is 11.0. The lowest BCUT2D eigenvalue weighted by molar-refractivity contribution is 0.318. The number of rotatable bonds is 4. The predicted octanol–water partition coefficient (Wildman–Crippen LogP) is 4.85. The van der Waals surface area contributed by atoms with Gasteiger partial charge in [0, 0.05) is 11.8 Å². The molecule has 2 rings (SSSR count). The van der Waals surface area contributed by atoms with Gasteiger partial charge in [0.2, 0.25) is 0 Å². The van der Waals surface area contributed by atoms with Gasteiger partial charge in [-0.25, -0.2) is 0 Å². The van der Waals surface area contributed by atoms with Crippen molar-refractivity contribution in [2.45, 2.75) is 6.92 Å². The van der Waals surface area contributed by atoms with Crippen LogP contribution in [0.25, 0.3) is 0 Å². The first-order valence-corrected chi connectivity index (χ1v) is 6.81. The number of para-hydroxylation sites is 1. The summed E-state index contributed by atoms with van der Waals surface area (Å²) in [6, 6.07) is 10.3. The molecule has 0 unspecified atom stereocenters. The van der Waals surface area contributed by atoms with Crippen LogP contribution in [0, 0.1) is 0 Å². The van der Waals surface area contributed by atoms with E-state index in [0.29, 0.717) is 33.7 Å². The third-order valence-electron chi connectivity index (χ3n) is 2.59. The van der Waals surface area contributed by atoms with Gasteiger partial charge in [-0.1, -0.05) is 29.3 Å². The van der Waals surface area contributed by atoms with E-state index >= 15 is 0 Å². The van der Waals surface area contributed by atoms with Crippen molar-refractivity contribution >= 4 is 35.1 Å². The molecule has 104 valence electrons. The molecule has 0 aliphatic heterocycles. The molecule has 0 spiro atoms. The highest BCUT2D eigenvalue weighted by atomic mass is 35.5. The molecular weight excluding hydrogens is 297 g/mol. The Balaban J connectivity index is 2.27. The lowest BCUT2D eigenvalue weighted by Gasteiger charge is -2.07. The first-order chi connectivity index (χ1) is 9.61. The van der Waals surface area contributed by atoms with Crippen molar-refractivity contribution in [2.24, 2.45) is 4.99 Å². The van der Waals surface area contributed by atoms with Gasteiger partial charge >= 0.3 is 0 Å². The van der Waals surface area contributed by atoms with Gasteiger partial charge in [0.25, 0.3) is 0 Å². The molecule has 0 fully saturated rings. The van der Waals surface area contributed by atoms with E-state index in [1.54, 1.807) is 42.6 Å². The van der Waals surface area contributed by atoms with Crippen molar-refractivity contribution in [3.8, 4) is 11.5 Å². The van der Waals surface area contributed by atoms with E-state index in [1.807, 2.05) is 6.92 Å². The third kappa shape index (κ3) is 3.44. The number of phenols is 1. The number of phenolic OH excluding ortho intramolecular Hbond substituents is 1. The molecule has 0 aromatic heterocycles. The molecule has 0 bridgehead atoms.